The number of hydrogen-bond donors (Lipinski definition) is 0. The van der Waals surface area contributed by atoms with Crippen molar-refractivity contribution in [3.63, 3.8) is 0 Å². The van der Waals surface area contributed by atoms with Crippen LogP contribution >= 0.6 is 0 Å². The Labute approximate surface area is 79.0 Å². The standard InChI is InChI=1S/C10H13N3/c1-12-6-8-13(9-7-12)10-2-4-11-5-3-10/h1-5H,6-9H2. The van der Waals surface area contributed by atoms with Crippen molar-refractivity contribution < 1.29 is 0 Å². The molecule has 0 aliphatic carbocycles. The molecule has 0 atom stereocenters. The van der Waals surface area contributed by atoms with E-state index in [2.05, 4.69) is 9.88 Å². The first-order chi connectivity index (χ1) is 6.36. The minimum Gasteiger partial charge on any atom is -0.369 e. The molecule has 0 spiro atoms. The summed E-state index contributed by atoms with van der Waals surface area (Å²) in [5, 5.41) is 0. The Morgan fingerprint density at radius 3 is 2.31 bits per heavy atom. The molecule has 13 heavy (non-hydrogen) atoms. The lowest BCUT2D eigenvalue weighted by atomic mass is 10.3. The zero-order valence-corrected chi connectivity index (χ0v) is 7.56. The molecule has 2 heterocycles. The monoisotopic (exact) mass is 175 g/mol. The highest BCUT2D eigenvalue weighted by atomic mass is 15.2. The van der Waals surface area contributed by atoms with Crippen LogP contribution in [0, 0.1) is 7.05 Å². The minimum atomic E-state index is 0.933. The fourth-order valence-electron chi connectivity index (χ4n) is 1.53. The van der Waals surface area contributed by atoms with Crippen LogP contribution in [0.15, 0.2) is 24.5 Å². The summed E-state index contributed by atoms with van der Waals surface area (Å²) in [6.07, 6.45) is 3.65. The van der Waals surface area contributed by atoms with Gasteiger partial charge < -0.3 is 4.90 Å². The van der Waals surface area contributed by atoms with Crippen LogP contribution in [0.25, 0.3) is 0 Å². The van der Waals surface area contributed by atoms with Gasteiger partial charge in [0, 0.05) is 51.3 Å². The Kier molecular flexibility index (Phi) is 2.45. The van der Waals surface area contributed by atoms with Crippen LogP contribution in [0.1, 0.15) is 0 Å². The third kappa shape index (κ3) is 1.98. The number of nitrogens with zero attached hydrogens (tertiary/aromatic N) is 3. The molecule has 2 radical (unpaired) electrons. The summed E-state index contributed by atoms with van der Waals surface area (Å²) < 4.78 is 0. The molecule has 1 saturated heterocycles. The van der Waals surface area contributed by atoms with Crippen LogP contribution in [0.4, 0.5) is 5.69 Å². The highest BCUT2D eigenvalue weighted by Crippen LogP contribution is 2.13. The Balaban J connectivity index is 2.03. The van der Waals surface area contributed by atoms with Gasteiger partial charge in [0.15, 0.2) is 0 Å². The predicted molar refractivity (Wildman–Crippen MR) is 52.3 cm³/mol. The molecule has 0 aromatic carbocycles. The Morgan fingerprint density at radius 2 is 1.69 bits per heavy atom. The van der Waals surface area contributed by atoms with E-state index in [0.717, 1.165) is 26.2 Å². The molecule has 3 nitrogen and oxygen atoms in total. The molecule has 1 aliphatic rings. The van der Waals surface area contributed by atoms with Gasteiger partial charge in [0.05, 0.1) is 0 Å². The van der Waals surface area contributed by atoms with E-state index in [1.165, 1.54) is 5.69 Å². The second-order valence-corrected chi connectivity index (χ2v) is 3.23. The summed E-state index contributed by atoms with van der Waals surface area (Å²) in [7, 11) is 5.67. The van der Waals surface area contributed by atoms with Gasteiger partial charge in [-0.25, -0.2) is 0 Å². The zero-order chi connectivity index (χ0) is 9.10. The van der Waals surface area contributed by atoms with Crippen LogP contribution in [0.5, 0.6) is 0 Å². The van der Waals surface area contributed by atoms with Crippen molar-refractivity contribution in [3.05, 3.63) is 31.6 Å². The van der Waals surface area contributed by atoms with E-state index < -0.39 is 0 Å². The van der Waals surface area contributed by atoms with Crippen LogP contribution < -0.4 is 4.90 Å². The molecule has 1 aromatic heterocycles. The van der Waals surface area contributed by atoms with E-state index in [-0.39, 0.29) is 0 Å². The molecule has 1 aliphatic heterocycles. The van der Waals surface area contributed by atoms with E-state index in [9.17, 15) is 0 Å². The smallest absolute Gasteiger partial charge is 0.0440 e. The van der Waals surface area contributed by atoms with Crippen molar-refractivity contribution in [2.75, 3.05) is 31.1 Å². The predicted octanol–water partition coefficient (Wildman–Crippen LogP) is 0.872. The Hall–Kier alpha value is -1.09. The number of pyridine rings is 1. The van der Waals surface area contributed by atoms with Gasteiger partial charge in [0.25, 0.3) is 0 Å². The average Bonchev–Trinajstić information content (AvgIpc) is 2.20. The van der Waals surface area contributed by atoms with E-state index >= 15 is 0 Å². The van der Waals surface area contributed by atoms with Gasteiger partial charge in [-0.05, 0) is 12.1 Å². The molecule has 0 unspecified atom stereocenters. The SMILES string of the molecule is [CH]N1CCN(c2ccncc2)CC1. The maximum Gasteiger partial charge on any atom is 0.0440 e. The first-order valence-electron chi connectivity index (χ1n) is 4.51. The summed E-state index contributed by atoms with van der Waals surface area (Å²) in [6.45, 7) is 3.87. The molecule has 0 amide bonds. The molecular formula is C10H13N3. The molecule has 0 saturated carbocycles. The summed E-state index contributed by atoms with van der Waals surface area (Å²) in [5.74, 6) is 0. The lowest BCUT2D eigenvalue weighted by molar-refractivity contribution is 0.344. The number of anilines is 1. The maximum absolute atomic E-state index is 5.67. The Morgan fingerprint density at radius 1 is 1.08 bits per heavy atom. The van der Waals surface area contributed by atoms with Gasteiger partial charge in [-0.1, -0.05) is 0 Å². The number of piperazine rings is 1. The molecule has 68 valence electrons. The largest absolute Gasteiger partial charge is 0.369 e. The van der Waals surface area contributed by atoms with Crippen molar-refractivity contribution >= 4 is 5.69 Å². The van der Waals surface area contributed by atoms with Crippen LogP contribution in [0.3, 0.4) is 0 Å². The van der Waals surface area contributed by atoms with Crippen molar-refractivity contribution in [1.82, 2.24) is 9.88 Å². The maximum atomic E-state index is 5.67. The quantitative estimate of drug-likeness (QED) is 0.631. The van der Waals surface area contributed by atoms with Crippen molar-refractivity contribution in [1.29, 1.82) is 0 Å². The molecule has 0 bridgehead atoms. The van der Waals surface area contributed by atoms with Crippen LogP contribution in [0.2, 0.25) is 0 Å². The molecule has 0 N–H and O–H groups in total. The van der Waals surface area contributed by atoms with E-state index in [1.807, 2.05) is 29.4 Å². The van der Waals surface area contributed by atoms with Gasteiger partial charge in [0.1, 0.15) is 0 Å². The number of rotatable bonds is 1. The van der Waals surface area contributed by atoms with E-state index in [1.54, 1.807) is 0 Å². The topological polar surface area (TPSA) is 19.4 Å². The van der Waals surface area contributed by atoms with Gasteiger partial charge in [-0.2, -0.15) is 0 Å². The molecule has 1 fully saturated rings. The van der Waals surface area contributed by atoms with Gasteiger partial charge in [0.2, 0.25) is 0 Å². The second-order valence-electron chi connectivity index (χ2n) is 3.23. The second kappa shape index (κ2) is 3.75. The number of hydrogen-bond acceptors (Lipinski definition) is 3. The lowest BCUT2D eigenvalue weighted by Gasteiger charge is -2.33. The fraction of sp³-hybridized carbons (Fsp3) is 0.400. The van der Waals surface area contributed by atoms with Gasteiger partial charge in [-0.3, -0.25) is 9.88 Å². The van der Waals surface area contributed by atoms with Crippen LogP contribution in [-0.2, 0) is 0 Å². The molecule has 2 rings (SSSR count). The summed E-state index contributed by atoms with van der Waals surface area (Å²) >= 11 is 0. The highest BCUT2D eigenvalue weighted by Gasteiger charge is 2.13. The number of aromatic nitrogens is 1. The normalized spacial score (nSPS) is 19.0. The summed E-state index contributed by atoms with van der Waals surface area (Å²) in [6, 6.07) is 4.07. The zero-order valence-electron chi connectivity index (χ0n) is 7.56. The summed E-state index contributed by atoms with van der Waals surface area (Å²) in [4.78, 5) is 8.18. The fourth-order valence-corrected chi connectivity index (χ4v) is 1.53. The summed E-state index contributed by atoms with van der Waals surface area (Å²) in [5.41, 5.74) is 1.24. The first kappa shape index (κ1) is 8.51. The van der Waals surface area contributed by atoms with E-state index in [4.69, 9.17) is 7.05 Å². The third-order valence-electron chi connectivity index (χ3n) is 2.34. The average molecular weight is 175 g/mol. The van der Waals surface area contributed by atoms with Crippen molar-refractivity contribution in [3.8, 4) is 0 Å². The molecule has 3 heteroatoms. The van der Waals surface area contributed by atoms with Crippen molar-refractivity contribution in [2.24, 2.45) is 0 Å². The third-order valence-corrected chi connectivity index (χ3v) is 2.34. The van der Waals surface area contributed by atoms with Crippen LogP contribution in [-0.4, -0.2) is 36.1 Å². The minimum absolute atomic E-state index is 0.933. The highest BCUT2D eigenvalue weighted by molar-refractivity contribution is 5.44. The van der Waals surface area contributed by atoms with E-state index in [0.29, 0.717) is 0 Å². The van der Waals surface area contributed by atoms with Gasteiger partial charge in [-0.15, -0.1) is 0 Å². The van der Waals surface area contributed by atoms with Crippen molar-refractivity contribution in [2.45, 2.75) is 0 Å². The first-order valence-corrected chi connectivity index (χ1v) is 4.51. The van der Waals surface area contributed by atoms with Gasteiger partial charge >= 0.3 is 0 Å². The molecular weight excluding hydrogens is 162 g/mol. The Bertz CT molecular complexity index is 252. The molecule has 1 aromatic rings. The lowest BCUT2D eigenvalue weighted by Crippen LogP contribution is -2.43.